The molecule has 4 heteroatoms. The number of furan rings is 1. The van der Waals surface area contributed by atoms with Gasteiger partial charge in [-0.15, -0.1) is 11.3 Å². The number of hydrogen-bond acceptors (Lipinski definition) is 4. The minimum absolute atomic E-state index is 0.367. The number of likely N-dealkylation sites (tertiary alicyclic amines) is 1. The summed E-state index contributed by atoms with van der Waals surface area (Å²) in [5.41, 5.74) is 0. The van der Waals surface area contributed by atoms with Crippen LogP contribution in [-0.4, -0.2) is 24.5 Å². The third-order valence-corrected chi connectivity index (χ3v) is 4.76. The van der Waals surface area contributed by atoms with Crippen LogP contribution in [0.4, 0.5) is 0 Å². The third-order valence-electron chi connectivity index (χ3n) is 3.89. The Kier molecular flexibility index (Phi) is 4.55. The van der Waals surface area contributed by atoms with Crippen LogP contribution >= 0.6 is 11.3 Å². The van der Waals surface area contributed by atoms with E-state index in [1.807, 2.05) is 18.3 Å². The molecule has 0 spiro atoms. The van der Waals surface area contributed by atoms with Crippen molar-refractivity contribution in [3.63, 3.8) is 0 Å². The van der Waals surface area contributed by atoms with Crippen molar-refractivity contribution in [2.24, 2.45) is 0 Å². The van der Waals surface area contributed by atoms with Gasteiger partial charge in [-0.1, -0.05) is 6.07 Å². The van der Waals surface area contributed by atoms with Crippen molar-refractivity contribution < 1.29 is 4.42 Å². The summed E-state index contributed by atoms with van der Waals surface area (Å²) in [6.07, 6.45) is 2.61. The lowest BCUT2D eigenvalue weighted by atomic mass is 10.2. The molecule has 1 N–H and O–H groups in total. The highest BCUT2D eigenvalue weighted by molar-refractivity contribution is 7.09. The van der Waals surface area contributed by atoms with Gasteiger partial charge in [0.2, 0.25) is 0 Å². The Balaban J connectivity index is 1.62. The van der Waals surface area contributed by atoms with Crippen molar-refractivity contribution in [3.8, 4) is 0 Å². The lowest BCUT2D eigenvalue weighted by Crippen LogP contribution is -2.33. The largest absolute Gasteiger partial charge is 0.465 e. The van der Waals surface area contributed by atoms with Crippen molar-refractivity contribution in [3.05, 3.63) is 46.0 Å². The first-order chi connectivity index (χ1) is 9.83. The molecular formula is C16H22N2OS. The third kappa shape index (κ3) is 3.32. The summed E-state index contributed by atoms with van der Waals surface area (Å²) < 4.78 is 5.87. The maximum Gasteiger partial charge on any atom is 0.122 e. The molecule has 0 radical (unpaired) electrons. The zero-order valence-corrected chi connectivity index (χ0v) is 12.8. The molecule has 1 aliphatic rings. The van der Waals surface area contributed by atoms with Gasteiger partial charge in [-0.25, -0.2) is 0 Å². The Morgan fingerprint density at radius 1 is 1.30 bits per heavy atom. The van der Waals surface area contributed by atoms with E-state index in [0.717, 1.165) is 24.6 Å². The molecule has 2 aromatic heterocycles. The number of rotatable bonds is 6. The van der Waals surface area contributed by atoms with Crippen molar-refractivity contribution in [1.82, 2.24) is 10.2 Å². The van der Waals surface area contributed by atoms with Crippen LogP contribution in [0.5, 0.6) is 0 Å². The van der Waals surface area contributed by atoms with Crippen molar-refractivity contribution in [1.29, 1.82) is 0 Å². The topological polar surface area (TPSA) is 28.4 Å². The Labute approximate surface area is 124 Å². The van der Waals surface area contributed by atoms with Gasteiger partial charge < -0.3 is 9.73 Å². The fourth-order valence-corrected chi connectivity index (χ4v) is 3.52. The first kappa shape index (κ1) is 13.9. The van der Waals surface area contributed by atoms with Gasteiger partial charge in [0.15, 0.2) is 0 Å². The van der Waals surface area contributed by atoms with Crippen molar-refractivity contribution >= 4 is 11.3 Å². The smallest absolute Gasteiger partial charge is 0.122 e. The fourth-order valence-electron chi connectivity index (χ4n) is 2.84. The van der Waals surface area contributed by atoms with E-state index in [1.54, 1.807) is 0 Å². The van der Waals surface area contributed by atoms with Crippen molar-refractivity contribution in [2.45, 2.75) is 32.4 Å². The second-order valence-electron chi connectivity index (χ2n) is 5.42. The molecule has 0 aliphatic carbocycles. The summed E-state index contributed by atoms with van der Waals surface area (Å²) in [4.78, 5) is 3.93. The molecule has 0 amide bonds. The molecule has 20 heavy (non-hydrogen) atoms. The number of hydrogen-bond donors (Lipinski definition) is 1. The lowest BCUT2D eigenvalue weighted by molar-refractivity contribution is 0.207. The van der Waals surface area contributed by atoms with E-state index in [2.05, 4.69) is 39.9 Å². The number of thiophene rings is 1. The molecule has 108 valence electrons. The highest BCUT2D eigenvalue weighted by Gasteiger charge is 2.25. The van der Waals surface area contributed by atoms with Gasteiger partial charge in [0, 0.05) is 18.0 Å². The maximum atomic E-state index is 5.87. The first-order valence-corrected chi connectivity index (χ1v) is 8.24. The van der Waals surface area contributed by atoms with E-state index in [9.17, 15) is 0 Å². The van der Waals surface area contributed by atoms with E-state index in [4.69, 9.17) is 4.42 Å². The van der Waals surface area contributed by atoms with Gasteiger partial charge in [-0.2, -0.15) is 0 Å². The summed E-state index contributed by atoms with van der Waals surface area (Å²) >= 11 is 1.81. The predicted octanol–water partition coefficient (Wildman–Crippen LogP) is 3.58. The highest BCUT2D eigenvalue weighted by Crippen LogP contribution is 2.26. The molecular weight excluding hydrogens is 268 g/mol. The van der Waals surface area contributed by atoms with Crippen LogP contribution in [0, 0.1) is 6.92 Å². The number of nitrogens with zero attached hydrogens (tertiary/aromatic N) is 1. The Morgan fingerprint density at radius 2 is 2.15 bits per heavy atom. The molecule has 3 rings (SSSR count). The van der Waals surface area contributed by atoms with Crippen LogP contribution < -0.4 is 5.32 Å². The lowest BCUT2D eigenvalue weighted by Gasteiger charge is -2.26. The summed E-state index contributed by atoms with van der Waals surface area (Å²) in [5.74, 6) is 2.10. The maximum absolute atomic E-state index is 5.87. The van der Waals surface area contributed by atoms with Crippen LogP contribution in [0.25, 0.3) is 0 Å². The normalized spacial score (nSPS) is 17.6. The van der Waals surface area contributed by atoms with Gasteiger partial charge in [-0.3, -0.25) is 4.90 Å². The van der Waals surface area contributed by atoms with Gasteiger partial charge in [0.05, 0.1) is 6.04 Å². The van der Waals surface area contributed by atoms with Gasteiger partial charge in [-0.05, 0) is 56.4 Å². The minimum Gasteiger partial charge on any atom is -0.465 e. The fraction of sp³-hybridized carbons (Fsp3) is 0.500. The van der Waals surface area contributed by atoms with E-state index in [-0.39, 0.29) is 0 Å². The van der Waals surface area contributed by atoms with E-state index < -0.39 is 0 Å². The molecule has 1 aliphatic heterocycles. The quantitative estimate of drug-likeness (QED) is 0.881. The van der Waals surface area contributed by atoms with Gasteiger partial charge in [0.1, 0.15) is 11.5 Å². The second-order valence-corrected chi connectivity index (χ2v) is 6.45. The predicted molar refractivity (Wildman–Crippen MR) is 83.0 cm³/mol. The Hall–Kier alpha value is -1.10. The summed E-state index contributed by atoms with van der Waals surface area (Å²) in [6, 6.07) is 8.85. The summed E-state index contributed by atoms with van der Waals surface area (Å²) in [6.45, 7) is 6.28. The zero-order valence-electron chi connectivity index (χ0n) is 12.0. The van der Waals surface area contributed by atoms with E-state index in [1.165, 1.54) is 30.8 Å². The zero-order chi connectivity index (χ0) is 13.8. The molecule has 2 aromatic rings. The Bertz CT molecular complexity index is 514. The summed E-state index contributed by atoms with van der Waals surface area (Å²) in [7, 11) is 0. The van der Waals surface area contributed by atoms with Crippen molar-refractivity contribution in [2.75, 3.05) is 19.6 Å². The Morgan fingerprint density at radius 3 is 2.80 bits per heavy atom. The molecule has 1 fully saturated rings. The number of nitrogens with one attached hydrogen (secondary N) is 1. The monoisotopic (exact) mass is 290 g/mol. The molecule has 0 bridgehead atoms. The summed E-state index contributed by atoms with van der Waals surface area (Å²) in [5, 5.41) is 5.71. The average Bonchev–Trinajstić information content (AvgIpc) is 3.17. The van der Waals surface area contributed by atoms with Crippen LogP contribution in [0.15, 0.2) is 34.1 Å². The molecule has 0 saturated carbocycles. The molecule has 3 heterocycles. The molecule has 1 saturated heterocycles. The molecule has 1 unspecified atom stereocenters. The van der Waals surface area contributed by atoms with Crippen LogP contribution in [0.3, 0.4) is 0 Å². The van der Waals surface area contributed by atoms with Gasteiger partial charge in [0.25, 0.3) is 0 Å². The average molecular weight is 290 g/mol. The number of aryl methyl sites for hydroxylation is 1. The molecule has 1 atom stereocenters. The van der Waals surface area contributed by atoms with E-state index in [0.29, 0.717) is 6.04 Å². The molecule has 0 aromatic carbocycles. The first-order valence-electron chi connectivity index (χ1n) is 7.36. The minimum atomic E-state index is 0.367. The van der Waals surface area contributed by atoms with Gasteiger partial charge >= 0.3 is 0 Å². The van der Waals surface area contributed by atoms with Crippen LogP contribution in [-0.2, 0) is 6.54 Å². The standard InChI is InChI=1S/C16H22N2OS/c1-13-6-7-16(19-13)15(18-8-2-3-9-18)12-17-11-14-5-4-10-20-14/h4-7,10,15,17H,2-3,8-9,11-12H2,1H3. The molecule has 3 nitrogen and oxygen atoms in total. The highest BCUT2D eigenvalue weighted by atomic mass is 32.1. The van der Waals surface area contributed by atoms with E-state index >= 15 is 0 Å². The van der Waals surface area contributed by atoms with Crippen LogP contribution in [0.1, 0.15) is 35.3 Å². The second kappa shape index (κ2) is 6.57. The van der Waals surface area contributed by atoms with Crippen LogP contribution in [0.2, 0.25) is 0 Å². The SMILES string of the molecule is Cc1ccc(C(CNCc2cccs2)N2CCCC2)o1.